The first kappa shape index (κ1) is 16.3. The summed E-state index contributed by atoms with van der Waals surface area (Å²) in [6.45, 7) is 5.63. The molecular formula is C19H20N6O. The van der Waals surface area contributed by atoms with Crippen LogP contribution in [-0.2, 0) is 13.0 Å². The van der Waals surface area contributed by atoms with Crippen LogP contribution in [0, 0.1) is 6.92 Å². The number of fused-ring (bicyclic) bond motifs is 1. The van der Waals surface area contributed by atoms with Gasteiger partial charge in [0, 0.05) is 25.1 Å². The number of aryl methyl sites for hydroxylation is 2. The van der Waals surface area contributed by atoms with Gasteiger partial charge in [0.1, 0.15) is 18.1 Å². The molecule has 4 aromatic rings. The van der Waals surface area contributed by atoms with Crippen LogP contribution >= 0.6 is 0 Å². The lowest BCUT2D eigenvalue weighted by Crippen LogP contribution is -2.07. The van der Waals surface area contributed by atoms with E-state index in [-0.39, 0.29) is 0 Å². The normalized spacial score (nSPS) is 11.2. The molecule has 0 aliphatic heterocycles. The largest absolute Gasteiger partial charge is 0.444 e. The second-order valence-corrected chi connectivity index (χ2v) is 6.11. The fraction of sp³-hybridized carbons (Fsp3) is 0.263. The summed E-state index contributed by atoms with van der Waals surface area (Å²) >= 11 is 0. The van der Waals surface area contributed by atoms with Gasteiger partial charge in [0.25, 0.3) is 0 Å². The minimum absolute atomic E-state index is 0.645. The topological polar surface area (TPSA) is 81.7 Å². The van der Waals surface area contributed by atoms with Crippen molar-refractivity contribution in [2.75, 3.05) is 11.9 Å². The highest BCUT2D eigenvalue weighted by atomic mass is 16.3. The Hall–Kier alpha value is -3.22. The molecule has 0 radical (unpaired) electrons. The van der Waals surface area contributed by atoms with Gasteiger partial charge in [0.15, 0.2) is 11.5 Å². The zero-order valence-corrected chi connectivity index (χ0v) is 14.8. The molecule has 0 bridgehead atoms. The quantitative estimate of drug-likeness (QED) is 0.575. The number of hydrogen-bond donors (Lipinski definition) is 1. The first-order chi connectivity index (χ1) is 12.7. The highest BCUT2D eigenvalue weighted by Crippen LogP contribution is 2.20. The van der Waals surface area contributed by atoms with E-state index in [0.29, 0.717) is 12.4 Å². The van der Waals surface area contributed by atoms with E-state index < -0.39 is 0 Å². The van der Waals surface area contributed by atoms with E-state index in [1.54, 1.807) is 18.9 Å². The van der Waals surface area contributed by atoms with Crippen LogP contribution in [-0.4, -0.2) is 31.0 Å². The van der Waals surface area contributed by atoms with Gasteiger partial charge in [-0.05, 0) is 26.0 Å². The monoisotopic (exact) mass is 348 g/mol. The Morgan fingerprint density at radius 3 is 2.77 bits per heavy atom. The predicted octanol–water partition coefficient (Wildman–Crippen LogP) is 3.46. The lowest BCUT2D eigenvalue weighted by molar-refractivity contribution is 0.572. The Kier molecular flexibility index (Phi) is 4.35. The molecule has 0 amide bonds. The molecule has 3 heterocycles. The van der Waals surface area contributed by atoms with Crippen molar-refractivity contribution in [1.82, 2.24) is 24.5 Å². The van der Waals surface area contributed by atoms with Gasteiger partial charge in [0.05, 0.1) is 12.0 Å². The van der Waals surface area contributed by atoms with E-state index in [4.69, 9.17) is 4.42 Å². The average molecular weight is 348 g/mol. The Labute approximate surface area is 151 Å². The summed E-state index contributed by atoms with van der Waals surface area (Å²) in [7, 11) is 0. The lowest BCUT2D eigenvalue weighted by atomic mass is 10.1. The predicted molar refractivity (Wildman–Crippen MR) is 99.9 cm³/mol. The first-order valence-corrected chi connectivity index (χ1v) is 8.65. The van der Waals surface area contributed by atoms with E-state index in [1.807, 2.05) is 16.7 Å². The summed E-state index contributed by atoms with van der Waals surface area (Å²) in [5, 5.41) is 3.32. The van der Waals surface area contributed by atoms with E-state index in [1.165, 1.54) is 5.56 Å². The fourth-order valence-corrected chi connectivity index (χ4v) is 2.80. The van der Waals surface area contributed by atoms with Crippen molar-refractivity contribution in [3.63, 3.8) is 0 Å². The molecule has 0 spiro atoms. The van der Waals surface area contributed by atoms with Crippen molar-refractivity contribution in [2.45, 2.75) is 26.8 Å². The van der Waals surface area contributed by atoms with Gasteiger partial charge in [-0.1, -0.05) is 17.7 Å². The van der Waals surface area contributed by atoms with Crippen molar-refractivity contribution in [2.24, 2.45) is 0 Å². The van der Waals surface area contributed by atoms with Gasteiger partial charge in [-0.25, -0.2) is 19.9 Å². The Balaban J connectivity index is 1.43. The van der Waals surface area contributed by atoms with E-state index >= 15 is 0 Å². The molecule has 26 heavy (non-hydrogen) atoms. The molecule has 0 atom stereocenters. The van der Waals surface area contributed by atoms with E-state index in [9.17, 15) is 0 Å². The summed E-state index contributed by atoms with van der Waals surface area (Å²) in [5.74, 6) is 1.38. The molecular weight excluding hydrogens is 328 g/mol. The Bertz CT molecular complexity index is 1020. The lowest BCUT2D eigenvalue weighted by Gasteiger charge is -2.04. The average Bonchev–Trinajstić information content (AvgIpc) is 3.29. The maximum absolute atomic E-state index is 5.60. The highest BCUT2D eigenvalue weighted by molar-refractivity contribution is 5.82. The SMILES string of the molecule is CCn1cnc2c(NCCc3coc(-c4ccc(C)cc4)n3)ncnc21. The molecule has 0 aliphatic carbocycles. The molecule has 1 N–H and O–H groups in total. The van der Waals surface area contributed by atoms with Crippen molar-refractivity contribution < 1.29 is 4.42 Å². The Morgan fingerprint density at radius 2 is 1.96 bits per heavy atom. The smallest absolute Gasteiger partial charge is 0.226 e. The van der Waals surface area contributed by atoms with Crippen molar-refractivity contribution in [1.29, 1.82) is 0 Å². The summed E-state index contributed by atoms with van der Waals surface area (Å²) < 4.78 is 7.59. The van der Waals surface area contributed by atoms with Gasteiger partial charge in [-0.2, -0.15) is 0 Å². The summed E-state index contributed by atoms with van der Waals surface area (Å²) in [5.41, 5.74) is 4.73. The standard InChI is InChI=1S/C19H20N6O/c1-3-25-12-23-16-17(21-11-22-18(16)25)20-9-8-15-10-26-19(24-15)14-6-4-13(2)5-7-14/h4-7,10-12H,3,8-9H2,1-2H3,(H,20,21,22). The van der Waals surface area contributed by atoms with Gasteiger partial charge in [-0.15, -0.1) is 0 Å². The van der Waals surface area contributed by atoms with E-state index in [0.717, 1.165) is 41.2 Å². The number of hydrogen-bond acceptors (Lipinski definition) is 6. The molecule has 4 rings (SSSR count). The second-order valence-electron chi connectivity index (χ2n) is 6.11. The van der Waals surface area contributed by atoms with Crippen LogP contribution in [0.4, 0.5) is 5.82 Å². The molecule has 132 valence electrons. The molecule has 7 nitrogen and oxygen atoms in total. The molecule has 0 unspecified atom stereocenters. The number of oxazole rings is 1. The minimum Gasteiger partial charge on any atom is -0.444 e. The van der Waals surface area contributed by atoms with Gasteiger partial charge in [0.2, 0.25) is 5.89 Å². The maximum Gasteiger partial charge on any atom is 0.226 e. The molecule has 0 aliphatic rings. The van der Waals surface area contributed by atoms with Crippen molar-refractivity contribution >= 4 is 17.0 Å². The van der Waals surface area contributed by atoms with Crippen LogP contribution in [0.2, 0.25) is 0 Å². The summed E-state index contributed by atoms with van der Waals surface area (Å²) in [6.07, 6.45) is 5.79. The number of nitrogens with one attached hydrogen (secondary N) is 1. The van der Waals surface area contributed by atoms with Crippen LogP contribution in [0.1, 0.15) is 18.2 Å². The third-order valence-electron chi connectivity index (χ3n) is 4.27. The molecule has 0 fully saturated rings. The molecule has 0 saturated heterocycles. The molecule has 3 aromatic heterocycles. The van der Waals surface area contributed by atoms with Crippen molar-refractivity contribution in [3.8, 4) is 11.5 Å². The number of aromatic nitrogens is 5. The number of rotatable bonds is 6. The summed E-state index contributed by atoms with van der Waals surface area (Å²) in [4.78, 5) is 17.6. The van der Waals surface area contributed by atoms with Crippen LogP contribution in [0.3, 0.4) is 0 Å². The maximum atomic E-state index is 5.60. The molecule has 1 aromatic carbocycles. The third-order valence-corrected chi connectivity index (χ3v) is 4.27. The van der Waals surface area contributed by atoms with Gasteiger partial charge >= 0.3 is 0 Å². The minimum atomic E-state index is 0.645. The van der Waals surface area contributed by atoms with Crippen molar-refractivity contribution in [3.05, 3.63) is 54.4 Å². The van der Waals surface area contributed by atoms with Crippen LogP contribution in [0.15, 0.2) is 47.6 Å². The summed E-state index contributed by atoms with van der Waals surface area (Å²) in [6, 6.07) is 8.14. The van der Waals surface area contributed by atoms with Crippen LogP contribution in [0.25, 0.3) is 22.6 Å². The number of anilines is 1. The highest BCUT2D eigenvalue weighted by Gasteiger charge is 2.10. The van der Waals surface area contributed by atoms with Crippen LogP contribution in [0.5, 0.6) is 0 Å². The zero-order valence-electron chi connectivity index (χ0n) is 14.8. The van der Waals surface area contributed by atoms with E-state index in [2.05, 4.69) is 51.2 Å². The fourth-order valence-electron chi connectivity index (χ4n) is 2.80. The molecule has 7 heteroatoms. The Morgan fingerprint density at radius 1 is 1.12 bits per heavy atom. The zero-order chi connectivity index (χ0) is 17.9. The van der Waals surface area contributed by atoms with Crippen LogP contribution < -0.4 is 5.32 Å². The number of imidazole rings is 1. The first-order valence-electron chi connectivity index (χ1n) is 8.65. The second kappa shape index (κ2) is 6.95. The van der Waals surface area contributed by atoms with Gasteiger partial charge in [-0.3, -0.25) is 0 Å². The number of nitrogens with zero attached hydrogens (tertiary/aromatic N) is 5. The molecule has 0 saturated carbocycles. The third kappa shape index (κ3) is 3.15. The number of benzene rings is 1. The van der Waals surface area contributed by atoms with Gasteiger partial charge < -0.3 is 14.3 Å².